The number of anilines is 1. The summed E-state index contributed by atoms with van der Waals surface area (Å²) in [5.41, 5.74) is 9.39. The van der Waals surface area contributed by atoms with Gasteiger partial charge in [0.25, 0.3) is 0 Å². The summed E-state index contributed by atoms with van der Waals surface area (Å²) in [7, 11) is 0. The van der Waals surface area contributed by atoms with Crippen LogP contribution in [0.25, 0.3) is 21.7 Å². The van der Waals surface area contributed by atoms with Gasteiger partial charge in [-0.3, -0.25) is 14.8 Å². The molecule has 13 atom stereocenters. The average Bonchev–Trinajstić information content (AvgIpc) is 1.84. The van der Waals surface area contributed by atoms with Crippen molar-refractivity contribution in [3.05, 3.63) is 310 Å². The minimum absolute atomic E-state index is 0.00891. The van der Waals surface area contributed by atoms with Crippen LogP contribution in [-0.2, 0) is 82.5 Å². The number of benzene rings is 6. The zero-order chi connectivity index (χ0) is 98.7. The molecule has 5 unspecified atom stereocenters. The Labute approximate surface area is 862 Å². The first-order valence-electron chi connectivity index (χ1n) is 47.3. The topological polar surface area (TPSA) is 289 Å². The van der Waals surface area contributed by atoms with Gasteiger partial charge >= 0.3 is 23.9 Å². The number of hydrogen-bond donors (Lipinski definition) is 6. The number of aliphatic hydroxyl groups excluding tert-OH is 5. The molecule has 0 radical (unpaired) electrons. The minimum Gasteiger partial charge on any atom is -0.460 e. The summed E-state index contributed by atoms with van der Waals surface area (Å²) >= 11 is 36.2. The molecule has 0 spiro atoms. The number of ketones is 1. The van der Waals surface area contributed by atoms with Crippen molar-refractivity contribution < 1.29 is 87.1 Å². The van der Waals surface area contributed by atoms with E-state index in [1.807, 2.05) is 115 Å². The Kier molecular flexibility index (Phi) is 43.6. The second kappa shape index (κ2) is 56.1. The van der Waals surface area contributed by atoms with Crippen LogP contribution < -0.4 is 5.32 Å². The summed E-state index contributed by atoms with van der Waals surface area (Å²) in [4.78, 5) is 73.1. The molecule has 6 heterocycles. The Hall–Kier alpha value is -8.50. The van der Waals surface area contributed by atoms with Gasteiger partial charge in [-0.15, -0.1) is 104 Å². The molecular formula is C109H120Cl4FN3O17S6. The van der Waals surface area contributed by atoms with Crippen molar-refractivity contribution >= 4 is 172 Å². The zero-order valence-corrected chi connectivity index (χ0v) is 86.1. The number of thioether (sulfide) groups is 2. The van der Waals surface area contributed by atoms with Crippen LogP contribution in [-0.4, -0.2) is 178 Å². The molecule has 6 aromatic carbocycles. The second-order valence-corrected chi connectivity index (χ2v) is 44.6. The molecule has 16 rings (SSSR count). The molecule has 744 valence electrons. The fourth-order valence-electron chi connectivity index (χ4n) is 17.9. The number of aryl methyl sites for hydroxylation is 2. The van der Waals surface area contributed by atoms with Crippen molar-refractivity contribution in [1.29, 1.82) is 0 Å². The number of esters is 4. The maximum Gasteiger partial charge on any atom is 0.348 e. The lowest BCUT2D eigenvalue weighted by molar-refractivity contribution is -0.121. The van der Waals surface area contributed by atoms with Crippen LogP contribution in [0.4, 0.5) is 10.1 Å². The van der Waals surface area contributed by atoms with E-state index in [-0.39, 0.29) is 116 Å². The Morgan fingerprint density at radius 1 is 0.543 bits per heavy atom. The van der Waals surface area contributed by atoms with E-state index in [1.54, 1.807) is 95.4 Å². The van der Waals surface area contributed by atoms with Crippen molar-refractivity contribution in [2.24, 2.45) is 47.3 Å². The predicted molar refractivity (Wildman–Crippen MR) is 561 cm³/mol. The number of halogens is 5. The van der Waals surface area contributed by atoms with E-state index in [9.17, 15) is 33.5 Å². The molecule has 20 nitrogen and oxygen atoms in total. The number of alkyl halides is 4. The maximum absolute atomic E-state index is 14.5. The number of carbonyl (C=O) groups excluding carboxylic acids is 5. The predicted octanol–water partition coefficient (Wildman–Crippen LogP) is 23.3. The van der Waals surface area contributed by atoms with Gasteiger partial charge in [0.2, 0.25) is 0 Å². The summed E-state index contributed by atoms with van der Waals surface area (Å²) in [5.74, 6) is 1.80. The fraction of sp³-hybridized carbons (Fsp3) is 0.404. The highest BCUT2D eigenvalue weighted by atomic mass is 35.5. The first kappa shape index (κ1) is 109. The summed E-state index contributed by atoms with van der Waals surface area (Å²) < 4.78 is 54.8. The number of nitrogens with zero attached hydrogens (tertiary/aromatic N) is 2. The number of para-hydroxylation sites is 1. The van der Waals surface area contributed by atoms with Gasteiger partial charge in [-0.2, -0.15) is 0 Å². The van der Waals surface area contributed by atoms with Crippen molar-refractivity contribution in [2.75, 3.05) is 96.0 Å². The number of Topliss-reactive ketones (excluding diaryl/α,β-unsaturated/α-hetero) is 1. The smallest absolute Gasteiger partial charge is 0.348 e. The Morgan fingerprint density at radius 2 is 1.16 bits per heavy atom. The van der Waals surface area contributed by atoms with Gasteiger partial charge in [-0.05, 0) is 222 Å². The summed E-state index contributed by atoms with van der Waals surface area (Å²) in [6.45, 7) is 7.09. The van der Waals surface area contributed by atoms with E-state index in [0.29, 0.717) is 92.2 Å². The number of thiophene rings is 4. The lowest BCUT2D eigenvalue weighted by atomic mass is 9.80. The van der Waals surface area contributed by atoms with Crippen molar-refractivity contribution in [3.8, 4) is 0 Å². The van der Waals surface area contributed by atoms with Gasteiger partial charge in [0, 0.05) is 97.2 Å². The van der Waals surface area contributed by atoms with Gasteiger partial charge < -0.3 is 64.0 Å². The van der Waals surface area contributed by atoms with Gasteiger partial charge in [-0.25, -0.2) is 23.6 Å². The van der Waals surface area contributed by atoms with E-state index < -0.39 is 41.5 Å². The van der Waals surface area contributed by atoms with E-state index in [1.165, 1.54) is 49.0 Å². The third kappa shape index (κ3) is 32.0. The highest BCUT2D eigenvalue weighted by Crippen LogP contribution is 2.47. The molecule has 12 aromatic rings. The second-order valence-electron chi connectivity index (χ2n) is 35.6. The van der Waals surface area contributed by atoms with Crippen LogP contribution in [0.2, 0.25) is 0 Å². The van der Waals surface area contributed by atoms with Crippen molar-refractivity contribution in [2.45, 2.75) is 147 Å². The van der Waals surface area contributed by atoms with Gasteiger partial charge in [-0.1, -0.05) is 153 Å². The molecular weight excluding hydrogens is 1980 g/mol. The lowest BCUT2D eigenvalue weighted by Crippen LogP contribution is -2.26. The summed E-state index contributed by atoms with van der Waals surface area (Å²) in [5, 5.41) is 55.2. The van der Waals surface area contributed by atoms with Gasteiger partial charge in [0.05, 0.1) is 119 Å². The Bertz CT molecular complexity index is 5950. The number of aliphatic hydroxyl groups is 5. The number of nitrogens with one attached hydrogen (secondary N) is 1. The van der Waals surface area contributed by atoms with Crippen LogP contribution in [0.15, 0.2) is 250 Å². The molecule has 6 aromatic heterocycles. The van der Waals surface area contributed by atoms with E-state index in [0.717, 1.165) is 125 Å². The van der Waals surface area contributed by atoms with Crippen molar-refractivity contribution in [3.63, 3.8) is 0 Å². The number of carbonyl (C=O) groups is 5. The highest BCUT2D eigenvalue weighted by Gasteiger charge is 2.44. The number of fused-ring (bicyclic) bond motifs is 2. The van der Waals surface area contributed by atoms with Gasteiger partial charge in [0.15, 0.2) is 0 Å². The lowest BCUT2D eigenvalue weighted by Gasteiger charge is -2.24. The summed E-state index contributed by atoms with van der Waals surface area (Å²) in [6.07, 6.45) is 14.8. The monoisotopic (exact) mass is 2090 g/mol. The van der Waals surface area contributed by atoms with Gasteiger partial charge in [0.1, 0.15) is 48.1 Å². The Balaban J connectivity index is 0.000000157. The molecule has 31 heteroatoms. The number of hydrogen-bond acceptors (Lipinski definition) is 26. The first-order valence-corrected chi connectivity index (χ1v) is 54.3. The molecule has 3 fully saturated rings. The van der Waals surface area contributed by atoms with E-state index in [2.05, 4.69) is 101 Å². The van der Waals surface area contributed by atoms with Crippen LogP contribution in [0, 0.1) is 47.3 Å². The third-order valence-corrected chi connectivity index (χ3v) is 34.9. The molecule has 6 N–H and O–H groups in total. The molecule has 0 amide bonds. The first-order chi connectivity index (χ1) is 68.0. The largest absolute Gasteiger partial charge is 0.460 e. The normalized spacial score (nSPS) is 20.1. The molecule has 0 bridgehead atoms. The summed E-state index contributed by atoms with van der Waals surface area (Å²) in [6, 6.07) is 66.9. The highest BCUT2D eigenvalue weighted by molar-refractivity contribution is 8.01. The van der Waals surface area contributed by atoms with Crippen LogP contribution in [0.1, 0.15) is 159 Å². The quantitative estimate of drug-likeness (QED) is 0.00895. The molecule has 0 aliphatic heterocycles. The van der Waals surface area contributed by atoms with E-state index in [4.69, 9.17) is 100.0 Å². The molecule has 140 heavy (non-hydrogen) atoms. The molecule has 4 aliphatic carbocycles. The van der Waals surface area contributed by atoms with Crippen LogP contribution in [0.5, 0.6) is 0 Å². The maximum atomic E-state index is 14.5. The zero-order valence-electron chi connectivity index (χ0n) is 78.2. The molecule has 3 saturated carbocycles. The minimum atomic E-state index is -0.945. The SMILES string of the molecule is CC(C)(c1ccccc1)c1csc(SC[C@H]2C(Cl)=CC[C@@H]2COCc2ccc(C(=O)OCCO)s2)c1.O=C(OCCO)c1ccc(CCC[C@H]2CC(F)C(Cl)[C@@H]2CCc2ccc3cnccc3c2)s1.O=C(OCCO)c1cccc(COC[C@H]2CC(Cl)C(Cl)[C@@H]2CSc2ccc(C(O)Cc3ccccc3)s2)c1.O=C(OCCO)c1cccc(COC[C@H]2CCC(=O)[C@@H]2CNc2cccc3cccnc23)c1. The number of pyridine rings is 2. The fourth-order valence-corrected chi connectivity index (χ4v) is 26.3. The number of allylic oxidation sites excluding steroid dienone is 2. The standard InChI is InChI=1S/C29H32Cl2O5S2.C28H31ClO4S3.C26H29ClFNO3S.C26H28N2O5/c30-24-15-22(17-35-16-20-7-4-8-21(13-20)29(34)36-12-11-32)23(28(24)31)18-37-27-10-9-26(38-27)25(33)14-19-5-2-1-3-6-19;1-28(2,20-6-4-3-5-7-20)21-14-26(34-17-21)35-18-23-19(8-10-24(23)29)15-32-16-22-9-11-25(36-22)27(31)33-13-12-30;27-25-22(8-5-17-4-6-20-16-29-11-10-18(20)14-17)19(15-23(25)28)2-1-3-21-7-9-24(33-21)26(31)32-13-12-30;29-12-13-33-26(31)20-6-1-4-18(14-20)16-32-17-21-9-10-24(30)22(21)15-28-23-8-2-5-19-7-3-11-27-25(19)23/h1-10,13,22-25,28,32-33H,11-12,14-18H2;3-7,9-11,14,17,19,23,30H,8,12-13,15-16,18H2,1-2H3;4,6-7,9-11,14,16,19,22-23,25,30H,1-3,5,8,12-13,15H2;1-8,11,14,21-22,28-29H,9-10,12-13,15-17H2/t22-,23-,24?,25?,28?;19-,23-;19-,22+,23?,25?;21-,22-/m1101/s1. The number of rotatable bonds is 45. The number of ether oxygens (including phenoxy) is 7. The molecule has 0 saturated heterocycles. The number of aromatic nitrogens is 2. The van der Waals surface area contributed by atoms with Crippen molar-refractivity contribution in [1.82, 2.24) is 9.97 Å². The van der Waals surface area contributed by atoms with E-state index >= 15 is 0 Å². The third-order valence-electron chi connectivity index (χ3n) is 25.6. The Morgan fingerprint density at radius 3 is 1.86 bits per heavy atom. The van der Waals surface area contributed by atoms with Crippen LogP contribution >= 0.6 is 115 Å². The average molecular weight is 2100 g/mol. The molecule has 4 aliphatic rings. The van der Waals surface area contributed by atoms with Crippen LogP contribution in [0.3, 0.4) is 0 Å².